The van der Waals surface area contributed by atoms with E-state index in [4.69, 9.17) is 24.2 Å². The van der Waals surface area contributed by atoms with Gasteiger partial charge in [0.25, 0.3) is 0 Å². The third-order valence-corrected chi connectivity index (χ3v) is 6.83. The number of rotatable bonds is 10. The number of carbonyl (C=O) groups is 1. The Hall–Kier alpha value is -2.87. The molecule has 2 aromatic heterocycles. The van der Waals surface area contributed by atoms with E-state index in [1.807, 2.05) is 18.2 Å². The normalized spacial score (nSPS) is 12.3. The molecular formula is C24H29N3O4S. The van der Waals surface area contributed by atoms with Crippen molar-refractivity contribution in [1.82, 2.24) is 9.97 Å². The predicted octanol–water partition coefficient (Wildman–Crippen LogP) is 5.31. The standard InChI is InChI=1S/C24H29N3O4S/c1-15-16(2)32-24-22(15)23(25-13-17-10-11-18-19(12-17)31-14-30-18)26-20(27-24)8-6-4-5-7-9-21(28)29-3/h10-12H,4-9,13-14H2,1-3H3,(H,25,26,27). The van der Waals surface area contributed by atoms with Crippen molar-refractivity contribution >= 4 is 33.3 Å². The summed E-state index contributed by atoms with van der Waals surface area (Å²) in [5, 5.41) is 4.63. The number of methoxy groups -OCH3 is 1. The van der Waals surface area contributed by atoms with Crippen molar-refractivity contribution in [3.8, 4) is 11.5 Å². The Labute approximate surface area is 192 Å². The summed E-state index contributed by atoms with van der Waals surface area (Å²) >= 11 is 1.72. The quantitative estimate of drug-likeness (QED) is 0.327. The second-order valence-electron chi connectivity index (χ2n) is 7.98. The zero-order chi connectivity index (χ0) is 22.5. The van der Waals surface area contributed by atoms with Crippen LogP contribution in [0.1, 0.15) is 53.9 Å². The molecule has 1 aliphatic rings. The fourth-order valence-electron chi connectivity index (χ4n) is 3.78. The second-order valence-corrected chi connectivity index (χ2v) is 9.19. The van der Waals surface area contributed by atoms with Crippen molar-refractivity contribution in [2.45, 2.75) is 58.9 Å². The lowest BCUT2D eigenvalue weighted by Gasteiger charge is -2.10. The van der Waals surface area contributed by atoms with E-state index in [2.05, 4.69) is 19.2 Å². The summed E-state index contributed by atoms with van der Waals surface area (Å²) in [6.07, 6.45) is 5.21. The van der Waals surface area contributed by atoms with Crippen molar-refractivity contribution in [3.63, 3.8) is 0 Å². The van der Waals surface area contributed by atoms with E-state index < -0.39 is 0 Å². The molecule has 0 amide bonds. The first-order valence-electron chi connectivity index (χ1n) is 11.0. The maximum atomic E-state index is 11.2. The molecule has 7 nitrogen and oxygen atoms in total. The first kappa shape index (κ1) is 22.3. The van der Waals surface area contributed by atoms with Crippen LogP contribution >= 0.6 is 11.3 Å². The minimum Gasteiger partial charge on any atom is -0.469 e. The number of benzene rings is 1. The van der Waals surface area contributed by atoms with E-state index in [1.165, 1.54) is 17.6 Å². The molecular weight excluding hydrogens is 426 g/mol. The summed E-state index contributed by atoms with van der Waals surface area (Å²) in [7, 11) is 1.43. The highest BCUT2D eigenvalue weighted by atomic mass is 32.1. The van der Waals surface area contributed by atoms with Gasteiger partial charge in [0.05, 0.1) is 12.5 Å². The molecule has 0 bridgehead atoms. The fraction of sp³-hybridized carbons (Fsp3) is 0.458. The molecule has 0 fully saturated rings. The molecule has 0 spiro atoms. The molecule has 4 rings (SSSR count). The molecule has 1 aromatic carbocycles. The number of aryl methyl sites for hydroxylation is 3. The highest BCUT2D eigenvalue weighted by Gasteiger charge is 2.16. The molecule has 0 unspecified atom stereocenters. The van der Waals surface area contributed by atoms with Crippen LogP contribution in [0.4, 0.5) is 5.82 Å². The van der Waals surface area contributed by atoms with Gasteiger partial charge in [-0.05, 0) is 49.9 Å². The van der Waals surface area contributed by atoms with Gasteiger partial charge in [-0.25, -0.2) is 9.97 Å². The summed E-state index contributed by atoms with van der Waals surface area (Å²) in [6, 6.07) is 6.00. The molecule has 170 valence electrons. The molecule has 0 radical (unpaired) electrons. The van der Waals surface area contributed by atoms with Crippen molar-refractivity contribution in [2.24, 2.45) is 0 Å². The molecule has 32 heavy (non-hydrogen) atoms. The zero-order valence-corrected chi connectivity index (χ0v) is 19.6. The van der Waals surface area contributed by atoms with E-state index in [-0.39, 0.29) is 12.8 Å². The number of hydrogen-bond donors (Lipinski definition) is 1. The lowest BCUT2D eigenvalue weighted by atomic mass is 10.1. The number of nitrogens with one attached hydrogen (secondary N) is 1. The zero-order valence-electron chi connectivity index (χ0n) is 18.8. The molecule has 0 atom stereocenters. The number of nitrogens with zero attached hydrogens (tertiary/aromatic N) is 2. The highest BCUT2D eigenvalue weighted by molar-refractivity contribution is 7.18. The van der Waals surface area contributed by atoms with Gasteiger partial charge < -0.3 is 19.5 Å². The largest absolute Gasteiger partial charge is 0.469 e. The monoisotopic (exact) mass is 455 g/mol. The SMILES string of the molecule is COC(=O)CCCCCCc1nc(NCc2ccc3c(c2)OCO3)c2c(C)c(C)sc2n1. The third-order valence-electron chi connectivity index (χ3n) is 5.73. The molecule has 3 heterocycles. The van der Waals surface area contributed by atoms with Gasteiger partial charge >= 0.3 is 5.97 Å². The number of carbonyl (C=O) groups excluding carboxylic acids is 1. The van der Waals surface area contributed by atoms with Crippen molar-refractivity contribution in [3.05, 3.63) is 40.0 Å². The van der Waals surface area contributed by atoms with Crippen molar-refractivity contribution in [2.75, 3.05) is 19.2 Å². The summed E-state index contributed by atoms with van der Waals surface area (Å²) < 4.78 is 15.6. The number of hydrogen-bond acceptors (Lipinski definition) is 8. The number of anilines is 1. The minimum atomic E-state index is -0.139. The van der Waals surface area contributed by atoms with Crippen LogP contribution in [0.2, 0.25) is 0 Å². The van der Waals surface area contributed by atoms with Crippen LogP contribution in [0.3, 0.4) is 0 Å². The Morgan fingerprint density at radius 2 is 1.94 bits per heavy atom. The van der Waals surface area contributed by atoms with Crippen LogP contribution in [0.15, 0.2) is 18.2 Å². The van der Waals surface area contributed by atoms with Crippen molar-refractivity contribution in [1.29, 1.82) is 0 Å². The Morgan fingerprint density at radius 3 is 2.78 bits per heavy atom. The Kier molecular flexibility index (Phi) is 7.09. The van der Waals surface area contributed by atoms with E-state index in [0.717, 1.165) is 71.0 Å². The summed E-state index contributed by atoms with van der Waals surface area (Å²) in [5.41, 5.74) is 2.34. The average molecular weight is 456 g/mol. The predicted molar refractivity (Wildman–Crippen MR) is 126 cm³/mol. The van der Waals surface area contributed by atoms with Crippen LogP contribution in [0, 0.1) is 13.8 Å². The number of ether oxygens (including phenoxy) is 3. The van der Waals surface area contributed by atoms with Crippen LogP contribution in [0.5, 0.6) is 11.5 Å². The lowest BCUT2D eigenvalue weighted by Crippen LogP contribution is -2.06. The Balaban J connectivity index is 1.43. The molecule has 0 saturated heterocycles. The molecule has 8 heteroatoms. The third kappa shape index (κ3) is 5.12. The van der Waals surface area contributed by atoms with Crippen molar-refractivity contribution < 1.29 is 19.0 Å². The topological polar surface area (TPSA) is 82.6 Å². The van der Waals surface area contributed by atoms with Gasteiger partial charge in [0.15, 0.2) is 11.5 Å². The average Bonchev–Trinajstić information content (AvgIpc) is 3.37. The highest BCUT2D eigenvalue weighted by Crippen LogP contribution is 2.35. The van der Waals surface area contributed by atoms with Gasteiger partial charge in [0.2, 0.25) is 6.79 Å². The number of fused-ring (bicyclic) bond motifs is 2. The van der Waals surface area contributed by atoms with Crippen LogP contribution < -0.4 is 14.8 Å². The molecule has 3 aromatic rings. The smallest absolute Gasteiger partial charge is 0.305 e. The number of esters is 1. The van der Waals surface area contributed by atoms with Gasteiger partial charge in [-0.15, -0.1) is 11.3 Å². The fourth-order valence-corrected chi connectivity index (χ4v) is 4.83. The summed E-state index contributed by atoms with van der Waals surface area (Å²) in [6.45, 7) is 5.18. The van der Waals surface area contributed by atoms with Gasteiger partial charge in [0, 0.05) is 24.3 Å². The molecule has 1 N–H and O–H groups in total. The number of thiophene rings is 1. The first-order valence-corrected chi connectivity index (χ1v) is 11.8. The van der Waals surface area contributed by atoms with Gasteiger partial charge in [-0.2, -0.15) is 0 Å². The van der Waals surface area contributed by atoms with Crippen LogP contribution in [0.25, 0.3) is 10.2 Å². The Morgan fingerprint density at radius 1 is 1.12 bits per heavy atom. The van der Waals surface area contributed by atoms with Crippen LogP contribution in [-0.4, -0.2) is 29.8 Å². The number of aromatic nitrogens is 2. The van der Waals surface area contributed by atoms with E-state index >= 15 is 0 Å². The Bertz CT molecular complexity index is 1110. The lowest BCUT2D eigenvalue weighted by molar-refractivity contribution is -0.140. The minimum absolute atomic E-state index is 0.139. The maximum absolute atomic E-state index is 11.2. The van der Waals surface area contributed by atoms with Gasteiger partial charge in [-0.1, -0.05) is 18.9 Å². The molecule has 1 aliphatic heterocycles. The molecule has 0 aliphatic carbocycles. The van der Waals surface area contributed by atoms with E-state index in [9.17, 15) is 4.79 Å². The van der Waals surface area contributed by atoms with E-state index in [1.54, 1.807) is 11.3 Å². The summed E-state index contributed by atoms with van der Waals surface area (Å²) in [5.74, 6) is 3.18. The maximum Gasteiger partial charge on any atom is 0.305 e. The summed E-state index contributed by atoms with van der Waals surface area (Å²) in [4.78, 5) is 23.2. The molecule has 0 saturated carbocycles. The first-order chi connectivity index (χ1) is 15.5. The van der Waals surface area contributed by atoms with Gasteiger partial charge in [-0.3, -0.25) is 4.79 Å². The number of unbranched alkanes of at least 4 members (excludes halogenated alkanes) is 3. The van der Waals surface area contributed by atoms with Gasteiger partial charge in [0.1, 0.15) is 16.5 Å². The second kappa shape index (κ2) is 10.2. The van der Waals surface area contributed by atoms with Crippen LogP contribution in [-0.2, 0) is 22.5 Å². The van der Waals surface area contributed by atoms with E-state index in [0.29, 0.717) is 13.0 Å².